The van der Waals surface area contributed by atoms with E-state index < -0.39 is 11.4 Å². The lowest BCUT2D eigenvalue weighted by molar-refractivity contribution is -0.172. The van der Waals surface area contributed by atoms with Crippen LogP contribution in [0.5, 0.6) is 0 Å². The van der Waals surface area contributed by atoms with E-state index in [1.165, 1.54) is 19.3 Å². The molecule has 1 aromatic rings. The molecule has 3 heteroatoms. The number of carbonyl (C=O) groups is 1. The molecule has 0 radical (unpaired) electrons. The second-order valence-electron chi connectivity index (χ2n) is 6.86. The Morgan fingerprint density at radius 1 is 1.11 bits per heavy atom. The number of aliphatic carboxylic acids is 1. The maximum absolute atomic E-state index is 11.8. The largest absolute Gasteiger partial charge is 0.481 e. The smallest absolute Gasteiger partial charge is 0.309 e. The van der Waals surface area contributed by atoms with Crippen molar-refractivity contribution in [1.29, 1.82) is 0 Å². The highest BCUT2D eigenvalue weighted by Crippen LogP contribution is 2.64. The van der Waals surface area contributed by atoms with Gasteiger partial charge in [0.1, 0.15) is 0 Å². The van der Waals surface area contributed by atoms with E-state index in [0.29, 0.717) is 11.8 Å². The Bertz CT molecular complexity index is 477. The summed E-state index contributed by atoms with van der Waals surface area (Å²) in [5.41, 5.74) is -0.319. The van der Waals surface area contributed by atoms with E-state index >= 15 is 0 Å². The van der Waals surface area contributed by atoms with Gasteiger partial charge in [-0.05, 0) is 62.5 Å². The molecule has 5 rings (SSSR count). The van der Waals surface area contributed by atoms with Crippen LogP contribution in [0.4, 0.5) is 0 Å². The van der Waals surface area contributed by atoms with Crippen molar-refractivity contribution in [2.24, 2.45) is 17.3 Å². The van der Waals surface area contributed by atoms with Gasteiger partial charge in [-0.1, -0.05) is 0 Å². The fourth-order valence-electron chi connectivity index (χ4n) is 5.42. The van der Waals surface area contributed by atoms with Crippen LogP contribution in [0.3, 0.4) is 0 Å². The lowest BCUT2D eigenvalue weighted by Gasteiger charge is -2.60. The molecule has 0 aromatic carbocycles. The summed E-state index contributed by atoms with van der Waals surface area (Å²) in [6, 6.07) is 4.12. The average molecular weight is 245 g/mol. The Balaban J connectivity index is 1.81. The second-order valence-corrected chi connectivity index (χ2v) is 6.86. The van der Waals surface area contributed by atoms with Crippen molar-refractivity contribution in [3.05, 3.63) is 24.5 Å². The third-order valence-corrected chi connectivity index (χ3v) is 5.64. The maximum Gasteiger partial charge on any atom is 0.309 e. The number of carboxylic acid groups (broad SMARTS) is 1. The molecular weight excluding hydrogens is 226 g/mol. The van der Waals surface area contributed by atoms with Gasteiger partial charge >= 0.3 is 5.97 Å². The average Bonchev–Trinajstić information content (AvgIpc) is 2.80. The van der Waals surface area contributed by atoms with E-state index in [4.69, 9.17) is 0 Å². The van der Waals surface area contributed by atoms with Crippen molar-refractivity contribution < 1.29 is 9.90 Å². The molecule has 4 aliphatic rings. The minimum absolute atomic E-state index is 0.103. The summed E-state index contributed by atoms with van der Waals surface area (Å²) in [7, 11) is 0. The van der Waals surface area contributed by atoms with Crippen molar-refractivity contribution in [1.82, 2.24) is 4.57 Å². The first-order valence-electron chi connectivity index (χ1n) is 6.99. The monoisotopic (exact) mass is 245 g/mol. The molecule has 18 heavy (non-hydrogen) atoms. The zero-order valence-electron chi connectivity index (χ0n) is 10.5. The lowest BCUT2D eigenvalue weighted by atomic mass is 9.47. The van der Waals surface area contributed by atoms with Crippen molar-refractivity contribution >= 4 is 5.97 Å². The number of aromatic nitrogens is 1. The molecule has 1 N–H and O–H groups in total. The molecule has 3 nitrogen and oxygen atoms in total. The van der Waals surface area contributed by atoms with E-state index in [1.807, 2.05) is 0 Å². The second kappa shape index (κ2) is 3.19. The molecule has 4 saturated carbocycles. The van der Waals surface area contributed by atoms with Crippen LogP contribution in [0, 0.1) is 17.3 Å². The van der Waals surface area contributed by atoms with Crippen LogP contribution in [0.2, 0.25) is 0 Å². The van der Waals surface area contributed by atoms with Gasteiger partial charge in [0.2, 0.25) is 0 Å². The molecule has 96 valence electrons. The minimum Gasteiger partial charge on any atom is -0.481 e. The Morgan fingerprint density at radius 2 is 1.72 bits per heavy atom. The van der Waals surface area contributed by atoms with E-state index in [2.05, 4.69) is 29.1 Å². The van der Waals surface area contributed by atoms with Crippen LogP contribution in [-0.2, 0) is 10.3 Å². The van der Waals surface area contributed by atoms with Crippen LogP contribution in [0.25, 0.3) is 0 Å². The Morgan fingerprint density at radius 3 is 2.28 bits per heavy atom. The summed E-state index contributed by atoms with van der Waals surface area (Å²) < 4.78 is 2.31. The fraction of sp³-hybridized carbons (Fsp3) is 0.667. The van der Waals surface area contributed by atoms with Crippen molar-refractivity contribution in [3.63, 3.8) is 0 Å². The highest BCUT2D eigenvalue weighted by molar-refractivity contribution is 5.75. The van der Waals surface area contributed by atoms with Gasteiger partial charge < -0.3 is 9.67 Å². The molecule has 1 heterocycles. The minimum atomic E-state index is -0.548. The predicted octanol–water partition coefficient (Wildman–Crippen LogP) is 2.87. The van der Waals surface area contributed by atoms with Gasteiger partial charge in [0.05, 0.1) is 5.41 Å². The Labute approximate surface area is 107 Å². The first-order chi connectivity index (χ1) is 8.62. The van der Waals surface area contributed by atoms with Gasteiger partial charge in [0.15, 0.2) is 0 Å². The van der Waals surface area contributed by atoms with Crippen LogP contribution in [0.15, 0.2) is 24.5 Å². The van der Waals surface area contributed by atoms with E-state index in [-0.39, 0.29) is 5.54 Å². The molecule has 4 bridgehead atoms. The summed E-state index contributed by atoms with van der Waals surface area (Å²) in [6.07, 6.45) is 10.6. The normalized spacial score (nSPS) is 45.3. The Kier molecular flexibility index (Phi) is 1.89. The zero-order chi connectivity index (χ0) is 12.4. The van der Waals surface area contributed by atoms with Crippen LogP contribution < -0.4 is 0 Å². The molecule has 1 aromatic heterocycles. The highest BCUT2D eigenvalue weighted by atomic mass is 16.4. The molecule has 0 amide bonds. The molecule has 4 aliphatic carbocycles. The third kappa shape index (κ3) is 1.22. The number of hydrogen-bond acceptors (Lipinski definition) is 1. The molecule has 0 saturated heterocycles. The molecule has 2 unspecified atom stereocenters. The van der Waals surface area contributed by atoms with Gasteiger partial charge in [-0.25, -0.2) is 0 Å². The van der Waals surface area contributed by atoms with Gasteiger partial charge in [0, 0.05) is 17.9 Å². The molecule has 4 fully saturated rings. The van der Waals surface area contributed by atoms with Gasteiger partial charge in [-0.2, -0.15) is 0 Å². The number of carboxylic acids is 1. The first-order valence-corrected chi connectivity index (χ1v) is 6.99. The third-order valence-electron chi connectivity index (χ3n) is 5.64. The number of rotatable bonds is 2. The van der Waals surface area contributed by atoms with Crippen LogP contribution in [-0.4, -0.2) is 15.6 Å². The summed E-state index contributed by atoms with van der Waals surface area (Å²) in [5.74, 6) is 0.711. The summed E-state index contributed by atoms with van der Waals surface area (Å²) in [6.45, 7) is 0. The highest BCUT2D eigenvalue weighted by Gasteiger charge is 2.61. The predicted molar refractivity (Wildman–Crippen MR) is 67.2 cm³/mol. The molecule has 2 atom stereocenters. The summed E-state index contributed by atoms with van der Waals surface area (Å²) >= 11 is 0. The molecule has 0 aliphatic heterocycles. The molecule has 0 spiro atoms. The number of nitrogens with zero attached hydrogens (tertiary/aromatic N) is 1. The summed E-state index contributed by atoms with van der Waals surface area (Å²) in [4.78, 5) is 11.8. The van der Waals surface area contributed by atoms with E-state index in [1.54, 1.807) is 0 Å². The standard InChI is InChI=1S/C15H19NO2/c17-13(18)14-6-11-5-12(7-14)9-15(8-11,10-14)16-3-1-2-4-16/h1-4,11-12H,5-10H2,(H,17,18). The quantitative estimate of drug-likeness (QED) is 0.870. The van der Waals surface area contributed by atoms with Gasteiger partial charge in [-0.3, -0.25) is 4.79 Å². The topological polar surface area (TPSA) is 42.2 Å². The van der Waals surface area contributed by atoms with Gasteiger partial charge in [0.25, 0.3) is 0 Å². The van der Waals surface area contributed by atoms with Gasteiger partial charge in [-0.15, -0.1) is 0 Å². The SMILES string of the molecule is O=C(O)C12CC3CC(C1)CC(n1cccc1)(C3)C2. The summed E-state index contributed by atoms with van der Waals surface area (Å²) in [5, 5.41) is 9.68. The van der Waals surface area contributed by atoms with Crippen molar-refractivity contribution in [2.45, 2.75) is 44.1 Å². The fourth-order valence-corrected chi connectivity index (χ4v) is 5.42. The van der Waals surface area contributed by atoms with Crippen LogP contribution >= 0.6 is 0 Å². The van der Waals surface area contributed by atoms with Crippen molar-refractivity contribution in [3.8, 4) is 0 Å². The van der Waals surface area contributed by atoms with Crippen molar-refractivity contribution in [2.75, 3.05) is 0 Å². The van der Waals surface area contributed by atoms with Crippen LogP contribution in [0.1, 0.15) is 38.5 Å². The van der Waals surface area contributed by atoms with E-state index in [0.717, 1.165) is 19.3 Å². The zero-order valence-corrected chi connectivity index (χ0v) is 10.5. The first kappa shape index (κ1) is 10.7. The van der Waals surface area contributed by atoms with E-state index in [9.17, 15) is 9.90 Å². The molecular formula is C15H19NO2. The maximum atomic E-state index is 11.8. The number of hydrogen-bond donors (Lipinski definition) is 1. The Hall–Kier alpha value is -1.25. The lowest BCUT2D eigenvalue weighted by Crippen LogP contribution is -2.58.